The first-order chi connectivity index (χ1) is 8.57. The summed E-state index contributed by atoms with van der Waals surface area (Å²) in [6, 6.07) is -0.294. The van der Waals surface area contributed by atoms with E-state index in [1.54, 1.807) is 0 Å². The van der Waals surface area contributed by atoms with E-state index in [9.17, 15) is 14.7 Å². The minimum Gasteiger partial charge on any atom is -0.481 e. The number of carbonyl (C=O) groups excluding carboxylic acids is 1. The number of anilines is 1. The zero-order chi connectivity index (χ0) is 13.2. The molecule has 1 aliphatic heterocycles. The van der Waals surface area contributed by atoms with E-state index in [-0.39, 0.29) is 12.6 Å². The molecule has 18 heavy (non-hydrogen) atoms. The van der Waals surface area contributed by atoms with Crippen molar-refractivity contribution in [2.24, 2.45) is 5.41 Å². The van der Waals surface area contributed by atoms with Gasteiger partial charge >= 0.3 is 12.0 Å². The Balaban J connectivity index is 2.00. The highest BCUT2D eigenvalue weighted by Crippen LogP contribution is 2.34. The van der Waals surface area contributed by atoms with E-state index in [0.717, 1.165) is 11.5 Å². The summed E-state index contributed by atoms with van der Waals surface area (Å²) in [4.78, 5) is 24.7. The monoisotopic (exact) mass is 270 g/mol. The number of aliphatic carboxylic acids is 1. The molecule has 1 fully saturated rings. The minimum atomic E-state index is -0.834. The van der Waals surface area contributed by atoms with Crippen molar-refractivity contribution in [2.45, 2.75) is 19.8 Å². The maximum Gasteiger partial charge on any atom is 0.322 e. The van der Waals surface area contributed by atoms with Crippen LogP contribution in [-0.2, 0) is 4.79 Å². The molecule has 1 aromatic heterocycles. The fraction of sp³-hybridized carbons (Fsp3) is 0.600. The predicted octanol–water partition coefficient (Wildman–Crippen LogP) is 1.26. The van der Waals surface area contributed by atoms with Crippen molar-refractivity contribution in [1.82, 2.24) is 14.5 Å². The molecule has 2 rings (SSSR count). The fourth-order valence-electron chi connectivity index (χ4n) is 2.07. The molecule has 8 heteroatoms. The number of aromatic nitrogens is 2. The molecule has 1 aromatic rings. The number of likely N-dealkylation sites (tertiary alicyclic amines) is 1. The summed E-state index contributed by atoms with van der Waals surface area (Å²) in [5, 5.41) is 16.1. The summed E-state index contributed by atoms with van der Waals surface area (Å²) >= 11 is 1.09. The molecule has 1 atom stereocenters. The van der Waals surface area contributed by atoms with Gasteiger partial charge in [0.2, 0.25) is 0 Å². The number of urea groups is 1. The molecule has 98 valence electrons. The summed E-state index contributed by atoms with van der Waals surface area (Å²) in [6.07, 6.45) is 2.48. The van der Waals surface area contributed by atoms with E-state index >= 15 is 0 Å². The van der Waals surface area contributed by atoms with Crippen molar-refractivity contribution in [2.75, 3.05) is 18.4 Å². The summed E-state index contributed by atoms with van der Waals surface area (Å²) in [5.74, 6) is -0.834. The fourth-order valence-corrected chi connectivity index (χ4v) is 2.48. The largest absolute Gasteiger partial charge is 0.481 e. The smallest absolute Gasteiger partial charge is 0.322 e. The number of hydrogen-bond donors (Lipinski definition) is 2. The van der Waals surface area contributed by atoms with Crippen LogP contribution in [0.3, 0.4) is 0 Å². The highest BCUT2D eigenvalue weighted by atomic mass is 32.1. The Morgan fingerprint density at radius 2 is 2.44 bits per heavy atom. The van der Waals surface area contributed by atoms with Crippen LogP contribution in [0.5, 0.6) is 0 Å². The lowest BCUT2D eigenvalue weighted by atomic mass is 9.84. The number of carboxylic acid groups (broad SMARTS) is 1. The van der Waals surface area contributed by atoms with Crippen LogP contribution in [0.4, 0.5) is 9.80 Å². The van der Waals surface area contributed by atoms with Gasteiger partial charge in [-0.15, -0.1) is 5.10 Å². The van der Waals surface area contributed by atoms with Crippen LogP contribution in [0.15, 0.2) is 6.20 Å². The normalized spacial score (nSPS) is 23.1. The number of nitrogens with one attached hydrogen (secondary N) is 1. The van der Waals surface area contributed by atoms with Gasteiger partial charge in [-0.1, -0.05) is 11.4 Å². The second kappa shape index (κ2) is 4.89. The Bertz CT molecular complexity index is 450. The van der Waals surface area contributed by atoms with Gasteiger partial charge in [-0.25, -0.2) is 4.79 Å². The Labute approximate surface area is 108 Å². The van der Waals surface area contributed by atoms with Crippen LogP contribution in [-0.4, -0.2) is 44.7 Å². The van der Waals surface area contributed by atoms with E-state index < -0.39 is 11.4 Å². The lowest BCUT2D eigenvalue weighted by molar-refractivity contribution is -0.148. The van der Waals surface area contributed by atoms with Crippen LogP contribution in [0.25, 0.3) is 0 Å². The third-order valence-corrected chi connectivity index (χ3v) is 3.94. The molecule has 0 spiro atoms. The molecular formula is C10H14N4O3S. The average Bonchev–Trinajstić information content (AvgIpc) is 2.97. The quantitative estimate of drug-likeness (QED) is 0.862. The molecule has 1 aliphatic rings. The van der Waals surface area contributed by atoms with Crippen molar-refractivity contribution in [3.63, 3.8) is 0 Å². The van der Waals surface area contributed by atoms with Crippen LogP contribution in [0.2, 0.25) is 0 Å². The van der Waals surface area contributed by atoms with Gasteiger partial charge in [0.25, 0.3) is 0 Å². The molecule has 1 saturated heterocycles. The number of nitrogens with zero attached hydrogens (tertiary/aromatic N) is 3. The molecule has 1 unspecified atom stereocenters. The highest BCUT2D eigenvalue weighted by molar-refractivity contribution is 7.10. The molecule has 0 saturated carbocycles. The minimum absolute atomic E-state index is 0.247. The predicted molar refractivity (Wildman–Crippen MR) is 65.5 cm³/mol. The Hall–Kier alpha value is -1.70. The second-order valence-corrected chi connectivity index (χ2v) is 5.11. The molecule has 0 bridgehead atoms. The summed E-state index contributed by atoms with van der Waals surface area (Å²) in [6.45, 7) is 2.54. The maximum atomic E-state index is 11.9. The van der Waals surface area contributed by atoms with Crippen molar-refractivity contribution in [3.05, 3.63) is 6.20 Å². The van der Waals surface area contributed by atoms with Gasteiger partial charge in [-0.2, -0.15) is 0 Å². The van der Waals surface area contributed by atoms with Crippen molar-refractivity contribution < 1.29 is 14.7 Å². The molecule has 2 heterocycles. The molecular weight excluding hydrogens is 256 g/mol. The zero-order valence-corrected chi connectivity index (χ0v) is 10.7. The summed E-state index contributed by atoms with van der Waals surface area (Å²) < 4.78 is 3.64. The van der Waals surface area contributed by atoms with Crippen LogP contribution in [0, 0.1) is 5.41 Å². The zero-order valence-electron chi connectivity index (χ0n) is 9.92. The van der Waals surface area contributed by atoms with E-state index in [1.165, 1.54) is 11.1 Å². The first-order valence-corrected chi connectivity index (χ1v) is 6.41. The Kier molecular flexibility index (Phi) is 3.46. The Morgan fingerprint density at radius 3 is 2.94 bits per heavy atom. The van der Waals surface area contributed by atoms with E-state index in [0.29, 0.717) is 24.4 Å². The lowest BCUT2D eigenvalue weighted by Gasteiger charge is -2.22. The van der Waals surface area contributed by atoms with Gasteiger partial charge in [-0.05, 0) is 12.8 Å². The second-order valence-electron chi connectivity index (χ2n) is 4.32. The van der Waals surface area contributed by atoms with Crippen LogP contribution < -0.4 is 5.32 Å². The maximum absolute atomic E-state index is 11.9. The van der Waals surface area contributed by atoms with Gasteiger partial charge in [-0.3, -0.25) is 10.1 Å². The van der Waals surface area contributed by atoms with Gasteiger partial charge in [0.05, 0.1) is 11.6 Å². The van der Waals surface area contributed by atoms with Crippen LogP contribution in [0.1, 0.15) is 19.8 Å². The molecule has 0 aromatic carbocycles. The molecule has 7 nitrogen and oxygen atoms in total. The highest BCUT2D eigenvalue weighted by Gasteiger charge is 2.44. The van der Waals surface area contributed by atoms with Gasteiger partial charge < -0.3 is 10.0 Å². The standard InChI is InChI=1S/C10H14N4O3S/c1-2-10(8(15)16)3-4-14(6-10)9(17)12-7-5-11-13-18-7/h5H,2-4,6H2,1H3,(H,12,17)(H,15,16). The van der Waals surface area contributed by atoms with Crippen molar-refractivity contribution >= 4 is 28.5 Å². The molecule has 2 N–H and O–H groups in total. The third kappa shape index (κ3) is 2.28. The van der Waals surface area contributed by atoms with Crippen LogP contribution >= 0.6 is 11.5 Å². The first-order valence-electron chi connectivity index (χ1n) is 5.64. The van der Waals surface area contributed by atoms with Gasteiger partial charge in [0.1, 0.15) is 5.00 Å². The topological polar surface area (TPSA) is 95.4 Å². The first kappa shape index (κ1) is 12.7. The number of hydrogen-bond acceptors (Lipinski definition) is 5. The molecule has 0 aliphatic carbocycles. The molecule has 2 amide bonds. The van der Waals surface area contributed by atoms with E-state index in [2.05, 4.69) is 14.9 Å². The number of carboxylic acids is 1. The SMILES string of the molecule is CCC1(C(=O)O)CCN(C(=O)Nc2cnns2)C1. The molecule has 0 radical (unpaired) electrons. The lowest BCUT2D eigenvalue weighted by Crippen LogP contribution is -2.38. The summed E-state index contributed by atoms with van der Waals surface area (Å²) in [5.41, 5.74) is -0.802. The summed E-state index contributed by atoms with van der Waals surface area (Å²) in [7, 11) is 0. The van der Waals surface area contributed by atoms with E-state index in [1.807, 2.05) is 6.92 Å². The number of amides is 2. The number of rotatable bonds is 3. The van der Waals surface area contributed by atoms with Gasteiger partial charge in [0, 0.05) is 24.6 Å². The Morgan fingerprint density at radius 1 is 1.67 bits per heavy atom. The van der Waals surface area contributed by atoms with Crippen molar-refractivity contribution in [1.29, 1.82) is 0 Å². The average molecular weight is 270 g/mol. The number of carbonyl (C=O) groups is 2. The van der Waals surface area contributed by atoms with E-state index in [4.69, 9.17) is 0 Å². The van der Waals surface area contributed by atoms with Gasteiger partial charge in [0.15, 0.2) is 0 Å². The van der Waals surface area contributed by atoms with Crippen molar-refractivity contribution in [3.8, 4) is 0 Å². The third-order valence-electron chi connectivity index (χ3n) is 3.36.